The minimum atomic E-state index is -0.273. The molecule has 1 aromatic heterocycles. The SMILES string of the molecule is O=C1CC[C@H](c2ccc(N3CC4C(CO)C4C3)nc2)C(=O)N1. The van der Waals surface area contributed by atoms with Gasteiger partial charge in [-0.2, -0.15) is 0 Å². The number of aliphatic hydroxyl groups is 1. The summed E-state index contributed by atoms with van der Waals surface area (Å²) in [5, 5.41) is 11.6. The minimum Gasteiger partial charge on any atom is -0.396 e. The van der Waals surface area contributed by atoms with Crippen LogP contribution in [0.15, 0.2) is 18.3 Å². The van der Waals surface area contributed by atoms with E-state index in [2.05, 4.69) is 15.2 Å². The number of imide groups is 1. The van der Waals surface area contributed by atoms with E-state index in [4.69, 9.17) is 0 Å². The van der Waals surface area contributed by atoms with Gasteiger partial charge in [0, 0.05) is 32.3 Å². The van der Waals surface area contributed by atoms with Crippen LogP contribution in [0.3, 0.4) is 0 Å². The standard InChI is InChI=1S/C16H19N3O3/c20-8-13-11-6-19(7-12(11)13)14-3-1-9(5-17-14)10-2-4-15(21)18-16(10)22/h1,3,5,10-13,20H,2,4,6-8H2,(H,18,21,22)/t10-,11?,12?,13?/m1/s1. The molecule has 1 aliphatic carbocycles. The van der Waals surface area contributed by atoms with Crippen LogP contribution in [-0.2, 0) is 9.59 Å². The van der Waals surface area contributed by atoms with E-state index in [1.807, 2.05) is 12.1 Å². The normalized spacial score (nSPS) is 33.6. The Labute approximate surface area is 128 Å². The highest BCUT2D eigenvalue weighted by molar-refractivity contribution is 6.00. The van der Waals surface area contributed by atoms with Gasteiger partial charge in [0.25, 0.3) is 0 Å². The van der Waals surface area contributed by atoms with Gasteiger partial charge in [-0.25, -0.2) is 4.98 Å². The van der Waals surface area contributed by atoms with Gasteiger partial charge in [0.05, 0.1) is 5.92 Å². The monoisotopic (exact) mass is 301 g/mol. The van der Waals surface area contributed by atoms with Gasteiger partial charge >= 0.3 is 0 Å². The van der Waals surface area contributed by atoms with Gasteiger partial charge in [0.1, 0.15) is 5.82 Å². The lowest BCUT2D eigenvalue weighted by Crippen LogP contribution is -2.39. The Kier molecular flexibility index (Phi) is 3.14. The van der Waals surface area contributed by atoms with Crippen LogP contribution >= 0.6 is 0 Å². The number of anilines is 1. The predicted molar refractivity (Wildman–Crippen MR) is 79.1 cm³/mol. The van der Waals surface area contributed by atoms with E-state index in [1.165, 1.54) is 0 Å². The van der Waals surface area contributed by atoms with E-state index in [-0.39, 0.29) is 17.7 Å². The number of amides is 2. The highest BCUT2D eigenvalue weighted by Gasteiger charge is 2.55. The number of nitrogens with zero attached hydrogens (tertiary/aromatic N) is 2. The first-order chi connectivity index (χ1) is 10.7. The van der Waals surface area contributed by atoms with Crippen molar-refractivity contribution >= 4 is 17.6 Å². The fourth-order valence-electron chi connectivity index (χ4n) is 3.91. The van der Waals surface area contributed by atoms with Gasteiger partial charge in [-0.3, -0.25) is 14.9 Å². The van der Waals surface area contributed by atoms with Crippen LogP contribution in [0.5, 0.6) is 0 Å². The molecule has 2 N–H and O–H groups in total. The second-order valence-electron chi connectivity index (χ2n) is 6.53. The molecule has 0 aromatic carbocycles. The number of fused-ring (bicyclic) bond motifs is 1. The average molecular weight is 301 g/mol. The number of hydrogen-bond donors (Lipinski definition) is 2. The molecule has 4 rings (SSSR count). The van der Waals surface area contributed by atoms with Crippen molar-refractivity contribution in [3.8, 4) is 0 Å². The lowest BCUT2D eigenvalue weighted by molar-refractivity contribution is -0.134. The third-order valence-electron chi connectivity index (χ3n) is 5.32. The summed E-state index contributed by atoms with van der Waals surface area (Å²) in [6.07, 6.45) is 2.69. The molecule has 2 saturated heterocycles. The first-order valence-electron chi connectivity index (χ1n) is 7.83. The Balaban J connectivity index is 1.43. The molecule has 0 radical (unpaired) electrons. The molecule has 6 heteroatoms. The highest BCUT2D eigenvalue weighted by atomic mass is 16.3. The molecule has 1 aromatic rings. The Morgan fingerprint density at radius 3 is 2.64 bits per heavy atom. The summed E-state index contributed by atoms with van der Waals surface area (Å²) in [6, 6.07) is 3.90. The van der Waals surface area contributed by atoms with Crippen molar-refractivity contribution in [2.45, 2.75) is 18.8 Å². The Hall–Kier alpha value is -1.95. The van der Waals surface area contributed by atoms with Crippen molar-refractivity contribution in [1.82, 2.24) is 10.3 Å². The number of aromatic nitrogens is 1. The van der Waals surface area contributed by atoms with Crippen molar-refractivity contribution in [3.05, 3.63) is 23.9 Å². The molecule has 2 aliphatic heterocycles. The van der Waals surface area contributed by atoms with Gasteiger partial charge in [-0.05, 0) is 35.8 Å². The molecule has 22 heavy (non-hydrogen) atoms. The maximum atomic E-state index is 11.9. The first kappa shape index (κ1) is 13.7. The van der Waals surface area contributed by atoms with Crippen LogP contribution in [0.1, 0.15) is 24.3 Å². The zero-order valence-corrected chi connectivity index (χ0v) is 12.2. The maximum absolute atomic E-state index is 11.9. The molecule has 3 heterocycles. The van der Waals surface area contributed by atoms with Crippen LogP contribution in [-0.4, -0.2) is 41.6 Å². The summed E-state index contributed by atoms with van der Waals surface area (Å²) in [5.74, 6) is 1.95. The Bertz CT molecular complexity index is 604. The van der Waals surface area contributed by atoms with Crippen molar-refractivity contribution < 1.29 is 14.7 Å². The largest absolute Gasteiger partial charge is 0.396 e. The molecule has 2 unspecified atom stereocenters. The lowest BCUT2D eigenvalue weighted by Gasteiger charge is -2.23. The molecule has 116 valence electrons. The number of rotatable bonds is 3. The van der Waals surface area contributed by atoms with Gasteiger partial charge in [0.15, 0.2) is 0 Å². The van der Waals surface area contributed by atoms with Crippen LogP contribution < -0.4 is 10.2 Å². The molecule has 0 bridgehead atoms. The highest BCUT2D eigenvalue weighted by Crippen LogP contribution is 2.51. The Morgan fingerprint density at radius 1 is 1.27 bits per heavy atom. The molecule has 3 fully saturated rings. The summed E-state index contributed by atoms with van der Waals surface area (Å²) in [5.41, 5.74) is 0.867. The number of aliphatic hydroxyl groups excluding tert-OH is 1. The summed E-state index contributed by atoms with van der Waals surface area (Å²) < 4.78 is 0. The zero-order valence-electron chi connectivity index (χ0n) is 12.2. The molecular weight excluding hydrogens is 282 g/mol. The van der Waals surface area contributed by atoms with Crippen LogP contribution in [0, 0.1) is 17.8 Å². The van der Waals surface area contributed by atoms with Crippen molar-refractivity contribution in [2.24, 2.45) is 17.8 Å². The topological polar surface area (TPSA) is 82.5 Å². The summed E-state index contributed by atoms with van der Waals surface area (Å²) in [4.78, 5) is 29.8. The van der Waals surface area contributed by atoms with Crippen LogP contribution in [0.25, 0.3) is 0 Å². The quantitative estimate of drug-likeness (QED) is 0.784. The maximum Gasteiger partial charge on any atom is 0.234 e. The lowest BCUT2D eigenvalue weighted by atomic mass is 9.92. The van der Waals surface area contributed by atoms with Crippen molar-refractivity contribution in [1.29, 1.82) is 0 Å². The van der Waals surface area contributed by atoms with Gasteiger partial charge in [-0.15, -0.1) is 0 Å². The first-order valence-corrected chi connectivity index (χ1v) is 7.83. The molecule has 3 aliphatic rings. The molecule has 3 atom stereocenters. The fraction of sp³-hybridized carbons (Fsp3) is 0.562. The summed E-state index contributed by atoms with van der Waals surface area (Å²) >= 11 is 0. The summed E-state index contributed by atoms with van der Waals surface area (Å²) in [7, 11) is 0. The van der Waals surface area contributed by atoms with Crippen LogP contribution in [0.2, 0.25) is 0 Å². The number of carbonyl (C=O) groups is 2. The molecule has 0 spiro atoms. The fourth-order valence-corrected chi connectivity index (χ4v) is 3.91. The number of carbonyl (C=O) groups excluding carboxylic acids is 2. The van der Waals surface area contributed by atoms with E-state index >= 15 is 0 Å². The van der Waals surface area contributed by atoms with E-state index in [9.17, 15) is 14.7 Å². The van der Waals surface area contributed by atoms with Crippen LogP contribution in [0.4, 0.5) is 5.82 Å². The zero-order chi connectivity index (χ0) is 15.3. The second kappa shape index (κ2) is 5.05. The van der Waals surface area contributed by atoms with E-state index in [0.29, 0.717) is 37.2 Å². The molecule has 6 nitrogen and oxygen atoms in total. The van der Waals surface area contributed by atoms with E-state index < -0.39 is 0 Å². The third-order valence-corrected chi connectivity index (χ3v) is 5.32. The molecule has 2 amide bonds. The molecular formula is C16H19N3O3. The number of piperidine rings is 2. The van der Waals surface area contributed by atoms with E-state index in [1.54, 1.807) is 6.20 Å². The van der Waals surface area contributed by atoms with Crippen molar-refractivity contribution in [3.63, 3.8) is 0 Å². The predicted octanol–water partition coefficient (Wildman–Crippen LogP) is 0.276. The van der Waals surface area contributed by atoms with Gasteiger partial charge in [-0.1, -0.05) is 6.07 Å². The number of pyridine rings is 1. The molecule has 1 saturated carbocycles. The number of nitrogens with one attached hydrogen (secondary N) is 1. The summed E-state index contributed by atoms with van der Waals surface area (Å²) in [6.45, 7) is 2.21. The van der Waals surface area contributed by atoms with Gasteiger partial charge in [0.2, 0.25) is 11.8 Å². The van der Waals surface area contributed by atoms with Crippen molar-refractivity contribution in [2.75, 3.05) is 24.6 Å². The smallest absolute Gasteiger partial charge is 0.234 e. The second-order valence-corrected chi connectivity index (χ2v) is 6.53. The minimum absolute atomic E-state index is 0.194. The van der Waals surface area contributed by atoms with E-state index in [0.717, 1.165) is 24.5 Å². The average Bonchev–Trinajstić information content (AvgIpc) is 2.99. The number of hydrogen-bond acceptors (Lipinski definition) is 5. The third kappa shape index (κ3) is 2.18. The Morgan fingerprint density at radius 2 is 2.05 bits per heavy atom. The van der Waals surface area contributed by atoms with Gasteiger partial charge < -0.3 is 10.0 Å².